The summed E-state index contributed by atoms with van der Waals surface area (Å²) in [5, 5.41) is 15.5. The first-order chi connectivity index (χ1) is 6.66. The van der Waals surface area contributed by atoms with Crippen molar-refractivity contribution in [1.29, 1.82) is 0 Å². The highest BCUT2D eigenvalue weighted by Gasteiger charge is 2.05. The van der Waals surface area contributed by atoms with Gasteiger partial charge in [0.15, 0.2) is 5.82 Å². The molecule has 0 saturated heterocycles. The minimum Gasteiger partial charge on any atom is -0.449 e. The molecule has 0 aliphatic rings. The summed E-state index contributed by atoms with van der Waals surface area (Å²) in [4.78, 5) is 10.2. The zero-order valence-electron chi connectivity index (χ0n) is 7.02. The van der Waals surface area contributed by atoms with Crippen LogP contribution in [0.1, 0.15) is 0 Å². The number of nitrogens with two attached hydrogens (primary N) is 1. The molecule has 2 aromatic rings. The number of benzene rings is 1. The van der Waals surface area contributed by atoms with Gasteiger partial charge in [0.05, 0.1) is 5.52 Å². The lowest BCUT2D eigenvalue weighted by molar-refractivity contribution is 0.144. The molecule has 0 aliphatic carbocycles. The van der Waals surface area contributed by atoms with Crippen molar-refractivity contribution in [1.82, 2.24) is 10.2 Å². The highest BCUT2D eigenvalue weighted by molar-refractivity contribution is 5.89. The van der Waals surface area contributed by atoms with Crippen LogP contribution in [0.2, 0.25) is 0 Å². The first-order valence-electron chi connectivity index (χ1n) is 3.81. The molecule has 4 N–H and O–H groups in total. The van der Waals surface area contributed by atoms with Crippen LogP contribution in [0.3, 0.4) is 0 Å². The third-order valence-electron chi connectivity index (χ3n) is 1.77. The smallest absolute Gasteiger partial charge is 0.449 e. The maximum absolute atomic E-state index is 10.2. The van der Waals surface area contributed by atoms with Gasteiger partial charge in [0.25, 0.3) is 0 Å². The van der Waals surface area contributed by atoms with E-state index in [9.17, 15) is 4.79 Å². The number of fused-ring (bicyclic) bond motifs is 1. The van der Waals surface area contributed by atoms with Crippen molar-refractivity contribution in [3.05, 3.63) is 18.2 Å². The second-order valence-electron chi connectivity index (χ2n) is 2.68. The van der Waals surface area contributed by atoms with E-state index in [-0.39, 0.29) is 5.75 Å². The molecular formula is C8H7N3O3. The molecule has 1 aromatic carbocycles. The predicted octanol–water partition coefficient (Wildman–Crippen LogP) is 1.20. The van der Waals surface area contributed by atoms with Gasteiger partial charge < -0.3 is 15.6 Å². The normalized spacial score (nSPS) is 10.3. The molecule has 2 rings (SSSR count). The van der Waals surface area contributed by atoms with Crippen LogP contribution in [0.4, 0.5) is 10.6 Å². The molecule has 1 heterocycles. The van der Waals surface area contributed by atoms with Gasteiger partial charge in [-0.3, -0.25) is 5.10 Å². The van der Waals surface area contributed by atoms with Crippen molar-refractivity contribution in [3.63, 3.8) is 0 Å². The predicted molar refractivity (Wildman–Crippen MR) is 49.2 cm³/mol. The molecule has 0 bridgehead atoms. The maximum atomic E-state index is 10.2. The second kappa shape index (κ2) is 2.91. The number of nitrogens with one attached hydrogen (secondary N) is 1. The Morgan fingerprint density at radius 1 is 1.57 bits per heavy atom. The van der Waals surface area contributed by atoms with Gasteiger partial charge in [-0.25, -0.2) is 4.79 Å². The summed E-state index contributed by atoms with van der Waals surface area (Å²) < 4.78 is 4.46. The van der Waals surface area contributed by atoms with Crippen LogP contribution < -0.4 is 10.5 Å². The van der Waals surface area contributed by atoms with Crippen molar-refractivity contribution in [2.45, 2.75) is 0 Å². The lowest BCUT2D eigenvalue weighted by Gasteiger charge is -1.98. The van der Waals surface area contributed by atoms with Crippen LogP contribution in [0, 0.1) is 0 Å². The molecule has 0 amide bonds. The Bertz CT molecular complexity index is 492. The molecular weight excluding hydrogens is 186 g/mol. The van der Waals surface area contributed by atoms with Crippen molar-refractivity contribution < 1.29 is 14.6 Å². The van der Waals surface area contributed by atoms with Gasteiger partial charge in [-0.1, -0.05) is 0 Å². The molecule has 0 radical (unpaired) electrons. The average Bonchev–Trinajstić information content (AvgIpc) is 2.46. The molecule has 14 heavy (non-hydrogen) atoms. The lowest BCUT2D eigenvalue weighted by atomic mass is 10.2. The molecule has 6 nitrogen and oxygen atoms in total. The highest BCUT2D eigenvalue weighted by atomic mass is 16.7. The van der Waals surface area contributed by atoms with E-state index in [2.05, 4.69) is 14.9 Å². The summed E-state index contributed by atoms with van der Waals surface area (Å²) in [7, 11) is 0. The van der Waals surface area contributed by atoms with E-state index in [4.69, 9.17) is 10.8 Å². The molecule has 72 valence electrons. The van der Waals surface area contributed by atoms with Crippen LogP contribution in [-0.2, 0) is 0 Å². The largest absolute Gasteiger partial charge is 0.511 e. The second-order valence-corrected chi connectivity index (χ2v) is 2.68. The molecule has 1 aromatic heterocycles. The number of nitrogens with zero attached hydrogens (tertiary/aromatic N) is 1. The standard InChI is InChI=1S/C8H7N3O3/c9-7-5-2-1-4(14-8(12)13)3-6(5)10-11-7/h1-3H,(H,12,13)(H3,9,10,11). The summed E-state index contributed by atoms with van der Waals surface area (Å²) in [5.74, 6) is 0.607. The first-order valence-corrected chi connectivity index (χ1v) is 3.81. The van der Waals surface area contributed by atoms with Gasteiger partial charge in [-0.05, 0) is 12.1 Å². The summed E-state index contributed by atoms with van der Waals surface area (Å²) in [6.07, 6.45) is -1.35. The molecule has 0 fully saturated rings. The van der Waals surface area contributed by atoms with Crippen LogP contribution in [0.5, 0.6) is 5.75 Å². The van der Waals surface area contributed by atoms with Gasteiger partial charge >= 0.3 is 6.16 Å². The fourth-order valence-electron chi connectivity index (χ4n) is 1.18. The molecule has 0 unspecified atom stereocenters. The van der Waals surface area contributed by atoms with E-state index in [0.717, 1.165) is 5.39 Å². The number of nitrogen functional groups attached to an aromatic ring is 1. The number of anilines is 1. The zero-order chi connectivity index (χ0) is 10.1. The fourth-order valence-corrected chi connectivity index (χ4v) is 1.18. The van der Waals surface area contributed by atoms with Crippen LogP contribution in [-0.4, -0.2) is 21.5 Å². The van der Waals surface area contributed by atoms with E-state index in [1.165, 1.54) is 12.1 Å². The Morgan fingerprint density at radius 3 is 3.07 bits per heavy atom. The van der Waals surface area contributed by atoms with Crippen LogP contribution >= 0.6 is 0 Å². The summed E-state index contributed by atoms with van der Waals surface area (Å²) >= 11 is 0. The van der Waals surface area contributed by atoms with Crippen LogP contribution in [0.25, 0.3) is 10.9 Å². The third-order valence-corrected chi connectivity index (χ3v) is 1.77. The third kappa shape index (κ3) is 1.33. The number of carboxylic acid groups (broad SMARTS) is 1. The molecule has 0 atom stereocenters. The number of aromatic nitrogens is 2. The minimum atomic E-state index is -1.35. The molecule has 0 saturated carbocycles. The SMILES string of the molecule is Nc1n[nH]c2cc(OC(=O)O)ccc12. The number of hydrogen-bond acceptors (Lipinski definition) is 4. The number of H-pyrrole nitrogens is 1. The van der Waals surface area contributed by atoms with E-state index >= 15 is 0 Å². The van der Waals surface area contributed by atoms with E-state index in [1.807, 2.05) is 0 Å². The Labute approximate surface area is 78.3 Å². The van der Waals surface area contributed by atoms with Gasteiger partial charge in [0.1, 0.15) is 5.75 Å². The van der Waals surface area contributed by atoms with Crippen LogP contribution in [0.15, 0.2) is 18.2 Å². The number of rotatable bonds is 1. The topological polar surface area (TPSA) is 101 Å². The lowest BCUT2D eigenvalue weighted by Crippen LogP contribution is -2.02. The zero-order valence-corrected chi connectivity index (χ0v) is 7.02. The van der Waals surface area contributed by atoms with E-state index in [0.29, 0.717) is 11.3 Å². The Kier molecular flexibility index (Phi) is 1.74. The van der Waals surface area contributed by atoms with Gasteiger partial charge in [0, 0.05) is 11.5 Å². The van der Waals surface area contributed by atoms with Crippen molar-refractivity contribution in [2.24, 2.45) is 0 Å². The molecule has 0 aliphatic heterocycles. The Morgan fingerprint density at radius 2 is 2.36 bits per heavy atom. The van der Waals surface area contributed by atoms with E-state index < -0.39 is 6.16 Å². The number of aromatic amines is 1. The summed E-state index contributed by atoms with van der Waals surface area (Å²) in [6, 6.07) is 4.68. The number of carbonyl (C=O) groups is 1. The summed E-state index contributed by atoms with van der Waals surface area (Å²) in [5.41, 5.74) is 6.17. The average molecular weight is 193 g/mol. The first kappa shape index (κ1) is 8.36. The monoisotopic (exact) mass is 193 g/mol. The van der Waals surface area contributed by atoms with Gasteiger partial charge in [-0.15, -0.1) is 0 Å². The quantitative estimate of drug-likeness (QED) is 0.466. The highest BCUT2D eigenvalue weighted by Crippen LogP contribution is 2.22. The van der Waals surface area contributed by atoms with Crippen molar-refractivity contribution in [2.75, 3.05) is 5.73 Å². The van der Waals surface area contributed by atoms with Gasteiger partial charge in [-0.2, -0.15) is 5.10 Å². The van der Waals surface area contributed by atoms with Gasteiger partial charge in [0.2, 0.25) is 0 Å². The maximum Gasteiger partial charge on any atom is 0.511 e. The minimum absolute atomic E-state index is 0.230. The number of ether oxygens (including phenoxy) is 1. The summed E-state index contributed by atoms with van der Waals surface area (Å²) in [6.45, 7) is 0. The Hall–Kier alpha value is -2.24. The van der Waals surface area contributed by atoms with E-state index in [1.54, 1.807) is 6.07 Å². The van der Waals surface area contributed by atoms with Crippen molar-refractivity contribution in [3.8, 4) is 5.75 Å². The Balaban J connectivity index is 2.46. The fraction of sp³-hybridized carbons (Fsp3) is 0. The van der Waals surface area contributed by atoms with Crippen molar-refractivity contribution >= 4 is 22.9 Å². The molecule has 0 spiro atoms. The molecule has 6 heteroatoms. The number of hydrogen-bond donors (Lipinski definition) is 3.